The summed E-state index contributed by atoms with van der Waals surface area (Å²) in [5.74, 6) is 3.17. The maximum Gasteiger partial charge on any atom is 0.230 e. The number of carbonyl (C=O) groups is 1. The summed E-state index contributed by atoms with van der Waals surface area (Å²) in [6.07, 6.45) is 0.258. The Labute approximate surface area is 198 Å². The highest BCUT2D eigenvalue weighted by atomic mass is 32.2. The van der Waals surface area contributed by atoms with Crippen LogP contribution in [0.5, 0.6) is 5.75 Å². The minimum absolute atomic E-state index is 0.0454. The summed E-state index contributed by atoms with van der Waals surface area (Å²) >= 11 is 3.54. The summed E-state index contributed by atoms with van der Waals surface area (Å²) in [6.45, 7) is 7.74. The lowest BCUT2D eigenvalue weighted by atomic mass is 10.1. The molecular formula is C25H29N3O2S2. The van der Waals surface area contributed by atoms with Crippen LogP contribution in [0.25, 0.3) is 0 Å². The van der Waals surface area contributed by atoms with Gasteiger partial charge in [0.25, 0.3) is 0 Å². The van der Waals surface area contributed by atoms with Gasteiger partial charge in [0.1, 0.15) is 17.4 Å². The van der Waals surface area contributed by atoms with E-state index in [4.69, 9.17) is 4.74 Å². The molecule has 1 aliphatic rings. The van der Waals surface area contributed by atoms with Crippen molar-refractivity contribution in [2.45, 2.75) is 33.4 Å². The van der Waals surface area contributed by atoms with E-state index >= 15 is 0 Å². The number of aromatic nitrogens is 1. The largest absolute Gasteiger partial charge is 0.486 e. The minimum Gasteiger partial charge on any atom is -0.486 e. The number of thiazole rings is 1. The zero-order valence-electron chi connectivity index (χ0n) is 18.6. The molecule has 3 aromatic rings. The van der Waals surface area contributed by atoms with Gasteiger partial charge in [-0.1, -0.05) is 29.8 Å². The standard InChI is InChI=1S/C25H29N3O2S2/c1-18-6-8-22(9-7-18)30-16-25-26-21(17-32-25)14-24(29)27-23-5-3-4-20(19(23)2)15-28-10-12-31-13-11-28/h3-9,17H,10-16H2,1-2H3,(H,27,29). The fourth-order valence-corrected chi connectivity index (χ4v) is 5.31. The van der Waals surface area contributed by atoms with Crippen molar-refractivity contribution in [3.05, 3.63) is 75.2 Å². The number of carbonyl (C=O) groups excluding carboxylic acids is 1. The molecule has 5 nitrogen and oxygen atoms in total. The average Bonchev–Trinajstić information content (AvgIpc) is 3.24. The van der Waals surface area contributed by atoms with E-state index in [-0.39, 0.29) is 12.3 Å². The van der Waals surface area contributed by atoms with Crippen LogP contribution in [0.3, 0.4) is 0 Å². The summed E-state index contributed by atoms with van der Waals surface area (Å²) in [5.41, 5.74) is 5.28. The van der Waals surface area contributed by atoms with Gasteiger partial charge in [-0.3, -0.25) is 9.69 Å². The van der Waals surface area contributed by atoms with E-state index in [9.17, 15) is 4.79 Å². The summed E-state index contributed by atoms with van der Waals surface area (Å²) in [5, 5.41) is 5.88. The molecule has 2 heterocycles. The maximum atomic E-state index is 12.7. The summed E-state index contributed by atoms with van der Waals surface area (Å²) in [6, 6.07) is 14.1. The molecule has 1 fully saturated rings. The Morgan fingerprint density at radius 2 is 1.91 bits per heavy atom. The molecule has 0 bridgehead atoms. The van der Waals surface area contributed by atoms with E-state index in [1.54, 1.807) is 0 Å². The van der Waals surface area contributed by atoms with Crippen LogP contribution < -0.4 is 10.1 Å². The Bertz CT molecular complexity index is 1040. The molecule has 1 N–H and O–H groups in total. The van der Waals surface area contributed by atoms with Gasteiger partial charge in [0, 0.05) is 42.2 Å². The maximum absolute atomic E-state index is 12.7. The molecule has 0 spiro atoms. The number of hydrogen-bond acceptors (Lipinski definition) is 6. The molecule has 0 atom stereocenters. The van der Waals surface area contributed by atoms with Crippen molar-refractivity contribution in [3.8, 4) is 5.75 Å². The van der Waals surface area contributed by atoms with Crippen LogP contribution in [0.1, 0.15) is 27.4 Å². The molecule has 4 rings (SSSR count). The first-order valence-electron chi connectivity index (χ1n) is 10.9. The van der Waals surface area contributed by atoms with Gasteiger partial charge in [-0.25, -0.2) is 4.98 Å². The SMILES string of the molecule is Cc1ccc(OCc2nc(CC(=O)Nc3cccc(CN4CCSCC4)c3C)cs2)cc1. The number of anilines is 1. The van der Waals surface area contributed by atoms with Crippen LogP contribution in [0.4, 0.5) is 5.69 Å². The summed E-state index contributed by atoms with van der Waals surface area (Å²) < 4.78 is 5.79. The summed E-state index contributed by atoms with van der Waals surface area (Å²) in [4.78, 5) is 19.7. The molecular weight excluding hydrogens is 438 g/mol. The first-order chi connectivity index (χ1) is 15.6. The molecule has 168 valence electrons. The molecule has 1 aliphatic heterocycles. The van der Waals surface area contributed by atoms with Gasteiger partial charge in [-0.15, -0.1) is 11.3 Å². The van der Waals surface area contributed by atoms with Crippen molar-refractivity contribution < 1.29 is 9.53 Å². The minimum atomic E-state index is -0.0454. The van der Waals surface area contributed by atoms with Crippen molar-refractivity contribution >= 4 is 34.7 Å². The van der Waals surface area contributed by atoms with Crippen molar-refractivity contribution in [2.24, 2.45) is 0 Å². The average molecular weight is 468 g/mol. The fourth-order valence-electron chi connectivity index (χ4n) is 3.63. The van der Waals surface area contributed by atoms with Gasteiger partial charge < -0.3 is 10.1 Å². The van der Waals surface area contributed by atoms with Crippen molar-refractivity contribution in [1.29, 1.82) is 0 Å². The van der Waals surface area contributed by atoms with Crippen LogP contribution in [0.15, 0.2) is 47.8 Å². The van der Waals surface area contributed by atoms with Crippen LogP contribution in [-0.2, 0) is 24.4 Å². The molecule has 2 aromatic carbocycles. The Hall–Kier alpha value is -2.35. The second kappa shape index (κ2) is 11.0. The van der Waals surface area contributed by atoms with Crippen LogP contribution in [0.2, 0.25) is 0 Å². The predicted octanol–water partition coefficient (Wildman–Crippen LogP) is 5.07. The third-order valence-corrected chi connectivity index (χ3v) is 7.36. The van der Waals surface area contributed by atoms with Crippen LogP contribution >= 0.6 is 23.1 Å². The fraction of sp³-hybridized carbons (Fsp3) is 0.360. The molecule has 1 aromatic heterocycles. The molecule has 7 heteroatoms. The molecule has 0 radical (unpaired) electrons. The van der Waals surface area contributed by atoms with Gasteiger partial charge in [0.15, 0.2) is 0 Å². The zero-order chi connectivity index (χ0) is 22.3. The number of rotatable bonds is 8. The third-order valence-electron chi connectivity index (χ3n) is 5.54. The highest BCUT2D eigenvalue weighted by Crippen LogP contribution is 2.22. The third kappa shape index (κ3) is 6.34. The molecule has 1 saturated heterocycles. The number of ether oxygens (including phenoxy) is 1. The van der Waals surface area contributed by atoms with E-state index < -0.39 is 0 Å². The smallest absolute Gasteiger partial charge is 0.230 e. The topological polar surface area (TPSA) is 54.5 Å². The highest BCUT2D eigenvalue weighted by molar-refractivity contribution is 7.99. The van der Waals surface area contributed by atoms with Gasteiger partial charge in [0.05, 0.1) is 12.1 Å². The van der Waals surface area contributed by atoms with Gasteiger partial charge >= 0.3 is 0 Å². The number of nitrogens with zero attached hydrogens (tertiary/aromatic N) is 2. The first kappa shape index (κ1) is 22.8. The van der Waals surface area contributed by atoms with Crippen molar-refractivity contribution in [2.75, 3.05) is 29.9 Å². The molecule has 0 aliphatic carbocycles. The lowest BCUT2D eigenvalue weighted by Crippen LogP contribution is -2.32. The lowest BCUT2D eigenvalue weighted by molar-refractivity contribution is -0.115. The number of thioether (sulfide) groups is 1. The van der Waals surface area contributed by atoms with Gasteiger partial charge in [0.2, 0.25) is 5.91 Å². The number of amides is 1. The normalized spacial score (nSPS) is 14.3. The number of benzene rings is 2. The molecule has 0 unspecified atom stereocenters. The predicted molar refractivity (Wildman–Crippen MR) is 134 cm³/mol. The second-order valence-electron chi connectivity index (χ2n) is 8.04. The quantitative estimate of drug-likeness (QED) is 0.501. The van der Waals surface area contributed by atoms with Crippen LogP contribution in [-0.4, -0.2) is 40.4 Å². The van der Waals surface area contributed by atoms with Gasteiger partial charge in [-0.2, -0.15) is 11.8 Å². The molecule has 32 heavy (non-hydrogen) atoms. The monoisotopic (exact) mass is 467 g/mol. The lowest BCUT2D eigenvalue weighted by Gasteiger charge is -2.27. The van der Waals surface area contributed by atoms with E-state index in [1.807, 2.05) is 60.5 Å². The Balaban J connectivity index is 1.31. The van der Waals surface area contributed by atoms with E-state index in [0.717, 1.165) is 47.3 Å². The highest BCUT2D eigenvalue weighted by Gasteiger charge is 2.15. The van der Waals surface area contributed by atoms with E-state index in [1.165, 1.54) is 34.0 Å². The molecule has 1 amide bonds. The molecule has 0 saturated carbocycles. The Kier molecular flexibility index (Phi) is 7.84. The van der Waals surface area contributed by atoms with Crippen LogP contribution in [0, 0.1) is 13.8 Å². The zero-order valence-corrected chi connectivity index (χ0v) is 20.2. The summed E-state index contributed by atoms with van der Waals surface area (Å²) in [7, 11) is 0. The number of aryl methyl sites for hydroxylation is 1. The number of hydrogen-bond donors (Lipinski definition) is 1. The second-order valence-corrected chi connectivity index (χ2v) is 10.2. The Morgan fingerprint density at radius 3 is 2.69 bits per heavy atom. The van der Waals surface area contributed by atoms with Crippen molar-refractivity contribution in [1.82, 2.24) is 9.88 Å². The first-order valence-corrected chi connectivity index (χ1v) is 12.9. The number of nitrogens with one attached hydrogen (secondary N) is 1. The van der Waals surface area contributed by atoms with Crippen molar-refractivity contribution in [3.63, 3.8) is 0 Å². The van der Waals surface area contributed by atoms with Gasteiger partial charge in [-0.05, 0) is 43.2 Å². The van der Waals surface area contributed by atoms with E-state index in [2.05, 4.69) is 28.2 Å². The Morgan fingerprint density at radius 1 is 1.12 bits per heavy atom. The van der Waals surface area contributed by atoms with E-state index in [0.29, 0.717) is 6.61 Å².